The van der Waals surface area contributed by atoms with Crippen molar-refractivity contribution in [2.24, 2.45) is 0 Å². The molecule has 0 spiro atoms. The fourth-order valence-corrected chi connectivity index (χ4v) is 3.76. The van der Waals surface area contributed by atoms with E-state index in [1.807, 2.05) is 36.9 Å². The zero-order chi connectivity index (χ0) is 20.7. The van der Waals surface area contributed by atoms with Crippen LogP contribution in [0.15, 0.2) is 21.3 Å². The van der Waals surface area contributed by atoms with E-state index in [0.29, 0.717) is 35.3 Å². The van der Waals surface area contributed by atoms with Gasteiger partial charge < -0.3 is 18.8 Å². The van der Waals surface area contributed by atoms with Crippen molar-refractivity contribution < 1.29 is 13.8 Å². The van der Waals surface area contributed by atoms with Gasteiger partial charge in [0.15, 0.2) is 5.76 Å². The van der Waals surface area contributed by atoms with Crippen LogP contribution in [0.5, 0.6) is 0 Å². The van der Waals surface area contributed by atoms with Crippen molar-refractivity contribution in [3.63, 3.8) is 0 Å². The largest absolute Gasteiger partial charge is 0.361 e. The standard InChI is InChI=1S/C20H24N6O3/c1-11-9-16(29-23-11)14-10-21-20(25(4)5)22-18(14)15-7-6-8-26(15)19(27)17-12(2)24-28-13(17)3/h9-10,15H,6-8H2,1-5H3. The van der Waals surface area contributed by atoms with Crippen LogP contribution < -0.4 is 4.90 Å². The minimum absolute atomic E-state index is 0.0894. The van der Waals surface area contributed by atoms with E-state index in [4.69, 9.17) is 14.0 Å². The lowest BCUT2D eigenvalue weighted by atomic mass is 10.0. The topological polar surface area (TPSA) is 101 Å². The Labute approximate surface area is 168 Å². The Morgan fingerprint density at radius 1 is 1.21 bits per heavy atom. The number of hydrogen-bond donors (Lipinski definition) is 0. The van der Waals surface area contributed by atoms with E-state index in [-0.39, 0.29) is 11.9 Å². The lowest BCUT2D eigenvalue weighted by Crippen LogP contribution is -2.32. The Morgan fingerprint density at radius 2 is 2.00 bits per heavy atom. The molecule has 0 N–H and O–H groups in total. The summed E-state index contributed by atoms with van der Waals surface area (Å²) in [6.07, 6.45) is 3.43. The highest BCUT2D eigenvalue weighted by Gasteiger charge is 2.36. The van der Waals surface area contributed by atoms with Crippen molar-refractivity contribution in [3.05, 3.63) is 40.7 Å². The summed E-state index contributed by atoms with van der Waals surface area (Å²) in [6, 6.07) is 1.66. The van der Waals surface area contributed by atoms with Crippen LogP contribution in [0.25, 0.3) is 11.3 Å². The van der Waals surface area contributed by atoms with Crippen LogP contribution in [0.1, 0.15) is 52.1 Å². The molecule has 0 saturated carbocycles. The van der Waals surface area contributed by atoms with E-state index in [9.17, 15) is 4.79 Å². The molecule has 0 radical (unpaired) electrons. The molecular formula is C20H24N6O3. The lowest BCUT2D eigenvalue weighted by molar-refractivity contribution is 0.0730. The predicted molar refractivity (Wildman–Crippen MR) is 106 cm³/mol. The third-order valence-electron chi connectivity index (χ3n) is 5.18. The first-order valence-electron chi connectivity index (χ1n) is 9.58. The molecule has 9 nitrogen and oxygen atoms in total. The highest BCUT2D eigenvalue weighted by Crippen LogP contribution is 2.38. The van der Waals surface area contributed by atoms with Gasteiger partial charge in [-0.1, -0.05) is 10.3 Å². The van der Waals surface area contributed by atoms with Gasteiger partial charge in [0, 0.05) is 32.9 Å². The van der Waals surface area contributed by atoms with Crippen LogP contribution in [0.3, 0.4) is 0 Å². The second-order valence-corrected chi connectivity index (χ2v) is 7.55. The highest BCUT2D eigenvalue weighted by molar-refractivity contribution is 5.96. The van der Waals surface area contributed by atoms with Crippen molar-refractivity contribution in [3.8, 4) is 11.3 Å². The molecule has 1 unspecified atom stereocenters. The first-order chi connectivity index (χ1) is 13.9. The summed E-state index contributed by atoms with van der Waals surface area (Å²) in [5, 5.41) is 7.93. The average molecular weight is 396 g/mol. The van der Waals surface area contributed by atoms with Gasteiger partial charge in [0.05, 0.1) is 28.7 Å². The van der Waals surface area contributed by atoms with Crippen LogP contribution in [0.4, 0.5) is 5.95 Å². The second-order valence-electron chi connectivity index (χ2n) is 7.55. The molecule has 1 aliphatic rings. The number of nitrogens with zero attached hydrogens (tertiary/aromatic N) is 6. The van der Waals surface area contributed by atoms with Crippen LogP contribution in [-0.4, -0.2) is 51.7 Å². The third kappa shape index (κ3) is 3.37. The molecule has 1 amide bonds. The van der Waals surface area contributed by atoms with Crippen LogP contribution >= 0.6 is 0 Å². The first-order valence-corrected chi connectivity index (χ1v) is 9.58. The van der Waals surface area contributed by atoms with E-state index < -0.39 is 0 Å². The second kappa shape index (κ2) is 7.31. The van der Waals surface area contributed by atoms with Gasteiger partial charge in [-0.25, -0.2) is 9.97 Å². The fourth-order valence-electron chi connectivity index (χ4n) is 3.76. The smallest absolute Gasteiger partial charge is 0.259 e. The van der Waals surface area contributed by atoms with Gasteiger partial charge in [-0.15, -0.1) is 0 Å². The number of carbonyl (C=O) groups excluding carboxylic acids is 1. The lowest BCUT2D eigenvalue weighted by Gasteiger charge is -2.26. The molecular weight excluding hydrogens is 372 g/mol. The average Bonchev–Trinajstić information content (AvgIpc) is 3.41. The van der Waals surface area contributed by atoms with Crippen molar-refractivity contribution in [1.82, 2.24) is 25.2 Å². The summed E-state index contributed by atoms with van der Waals surface area (Å²) in [4.78, 5) is 26.3. The SMILES string of the molecule is Cc1cc(-c2cnc(N(C)C)nc2C2CCCN2C(=O)c2c(C)noc2C)on1. The number of carbonyl (C=O) groups is 1. The summed E-state index contributed by atoms with van der Waals surface area (Å²) >= 11 is 0. The zero-order valence-electron chi connectivity index (χ0n) is 17.3. The Balaban J connectivity index is 1.79. The molecule has 0 aliphatic carbocycles. The van der Waals surface area contributed by atoms with Gasteiger partial charge >= 0.3 is 0 Å². The maximum Gasteiger partial charge on any atom is 0.259 e. The highest BCUT2D eigenvalue weighted by atomic mass is 16.5. The normalized spacial score (nSPS) is 16.4. The minimum Gasteiger partial charge on any atom is -0.361 e. The Hall–Kier alpha value is -3.23. The van der Waals surface area contributed by atoms with Crippen molar-refractivity contribution in [2.75, 3.05) is 25.5 Å². The molecule has 1 atom stereocenters. The molecule has 1 fully saturated rings. The molecule has 29 heavy (non-hydrogen) atoms. The third-order valence-corrected chi connectivity index (χ3v) is 5.18. The quantitative estimate of drug-likeness (QED) is 0.663. The number of aryl methyl sites for hydroxylation is 3. The van der Waals surface area contributed by atoms with Gasteiger partial charge in [0.25, 0.3) is 5.91 Å². The fraction of sp³-hybridized carbons (Fsp3) is 0.450. The maximum absolute atomic E-state index is 13.3. The summed E-state index contributed by atoms with van der Waals surface area (Å²) in [6.45, 7) is 6.05. The first kappa shape index (κ1) is 19.1. The Kier molecular flexibility index (Phi) is 4.81. The molecule has 4 heterocycles. The van der Waals surface area contributed by atoms with E-state index >= 15 is 0 Å². The van der Waals surface area contributed by atoms with Crippen molar-refractivity contribution in [1.29, 1.82) is 0 Å². The van der Waals surface area contributed by atoms with Crippen LogP contribution in [0, 0.1) is 20.8 Å². The van der Waals surface area contributed by atoms with Gasteiger partial charge in [-0.3, -0.25) is 4.79 Å². The molecule has 4 rings (SSSR count). The number of likely N-dealkylation sites (tertiary alicyclic amines) is 1. The summed E-state index contributed by atoms with van der Waals surface area (Å²) in [5.74, 6) is 1.62. The maximum atomic E-state index is 13.3. The van der Waals surface area contributed by atoms with Crippen LogP contribution in [0.2, 0.25) is 0 Å². The van der Waals surface area contributed by atoms with E-state index in [1.165, 1.54) is 0 Å². The summed E-state index contributed by atoms with van der Waals surface area (Å²) in [7, 11) is 3.78. The zero-order valence-corrected chi connectivity index (χ0v) is 17.3. The summed E-state index contributed by atoms with van der Waals surface area (Å²) < 4.78 is 10.7. The molecule has 0 bridgehead atoms. The van der Waals surface area contributed by atoms with Crippen LogP contribution in [-0.2, 0) is 0 Å². The van der Waals surface area contributed by atoms with Crippen molar-refractivity contribution in [2.45, 2.75) is 39.7 Å². The molecule has 1 aliphatic heterocycles. The molecule has 152 valence electrons. The minimum atomic E-state index is -0.196. The Bertz CT molecular complexity index is 1030. The van der Waals surface area contributed by atoms with Gasteiger partial charge in [0.1, 0.15) is 11.3 Å². The van der Waals surface area contributed by atoms with Gasteiger partial charge in [0.2, 0.25) is 5.95 Å². The molecule has 0 aromatic carbocycles. The monoisotopic (exact) mass is 396 g/mol. The number of rotatable bonds is 4. The number of anilines is 1. The van der Waals surface area contributed by atoms with Gasteiger partial charge in [-0.2, -0.15) is 0 Å². The predicted octanol–water partition coefficient (Wildman–Crippen LogP) is 3.09. The number of aromatic nitrogens is 4. The number of amides is 1. The molecule has 3 aromatic rings. The summed E-state index contributed by atoms with van der Waals surface area (Å²) in [5.41, 5.74) is 3.41. The van der Waals surface area contributed by atoms with E-state index in [2.05, 4.69) is 15.3 Å². The van der Waals surface area contributed by atoms with E-state index in [1.54, 1.807) is 20.0 Å². The molecule has 9 heteroatoms. The Morgan fingerprint density at radius 3 is 2.62 bits per heavy atom. The van der Waals surface area contributed by atoms with Gasteiger partial charge in [-0.05, 0) is 33.6 Å². The van der Waals surface area contributed by atoms with E-state index in [0.717, 1.165) is 29.8 Å². The molecule has 3 aromatic heterocycles. The number of hydrogen-bond acceptors (Lipinski definition) is 8. The van der Waals surface area contributed by atoms with Crippen molar-refractivity contribution >= 4 is 11.9 Å². The molecule has 1 saturated heterocycles.